The fourth-order valence-corrected chi connectivity index (χ4v) is 4.49. The molecule has 0 bridgehead atoms. The van der Waals surface area contributed by atoms with Gasteiger partial charge < -0.3 is 9.64 Å². The molecule has 0 radical (unpaired) electrons. The zero-order valence-corrected chi connectivity index (χ0v) is 18.6. The third kappa shape index (κ3) is 4.12. The molecule has 4 aromatic rings. The highest BCUT2D eigenvalue weighted by Gasteiger charge is 2.30. The second kappa shape index (κ2) is 8.90. The van der Waals surface area contributed by atoms with Crippen molar-refractivity contribution in [2.45, 2.75) is 32.2 Å². The summed E-state index contributed by atoms with van der Waals surface area (Å²) >= 11 is 0. The van der Waals surface area contributed by atoms with Gasteiger partial charge in [0.2, 0.25) is 5.91 Å². The lowest BCUT2D eigenvalue weighted by Crippen LogP contribution is -2.38. The van der Waals surface area contributed by atoms with E-state index in [0.29, 0.717) is 0 Å². The zero-order valence-electron chi connectivity index (χ0n) is 18.6. The summed E-state index contributed by atoms with van der Waals surface area (Å²) in [7, 11) is 0. The van der Waals surface area contributed by atoms with Crippen LogP contribution in [-0.4, -0.2) is 31.7 Å². The van der Waals surface area contributed by atoms with Crippen molar-refractivity contribution < 1.29 is 9.53 Å². The molecule has 166 valence electrons. The molecule has 0 saturated carbocycles. The van der Waals surface area contributed by atoms with Crippen molar-refractivity contribution in [1.29, 1.82) is 0 Å². The van der Waals surface area contributed by atoms with Crippen molar-refractivity contribution in [1.82, 2.24) is 19.3 Å². The van der Waals surface area contributed by atoms with Crippen LogP contribution >= 0.6 is 0 Å². The molecule has 0 aliphatic carbocycles. The number of fused-ring (bicyclic) bond motifs is 1. The predicted octanol–water partition coefficient (Wildman–Crippen LogP) is 5.74. The van der Waals surface area contributed by atoms with Crippen LogP contribution in [0.5, 0.6) is 11.5 Å². The van der Waals surface area contributed by atoms with E-state index in [1.54, 1.807) is 6.20 Å². The largest absolute Gasteiger partial charge is 0.457 e. The Hall–Kier alpha value is -3.93. The first kappa shape index (κ1) is 20.9. The molecule has 1 aliphatic rings. The molecule has 3 heterocycles. The van der Waals surface area contributed by atoms with Gasteiger partial charge in [-0.05, 0) is 74.2 Å². The van der Waals surface area contributed by atoms with E-state index in [-0.39, 0.29) is 11.9 Å². The molecule has 1 atom stereocenters. The number of carbonyl (C=O) groups is 1. The smallest absolute Gasteiger partial charge is 0.246 e. The molecular weight excluding hydrogens is 412 g/mol. The molecule has 5 rings (SSSR count). The van der Waals surface area contributed by atoms with Crippen molar-refractivity contribution in [2.24, 2.45) is 0 Å². The Morgan fingerprint density at radius 1 is 1.15 bits per heavy atom. The Balaban J connectivity index is 1.50. The quantitative estimate of drug-likeness (QED) is 0.373. The van der Waals surface area contributed by atoms with Gasteiger partial charge in [-0.3, -0.25) is 14.2 Å². The molecule has 1 aliphatic heterocycles. The summed E-state index contributed by atoms with van der Waals surface area (Å²) in [5.41, 5.74) is 3.88. The minimum Gasteiger partial charge on any atom is -0.457 e. The highest BCUT2D eigenvalue weighted by molar-refractivity contribution is 5.87. The molecule has 33 heavy (non-hydrogen) atoms. The number of hydrogen-bond acceptors (Lipinski definition) is 4. The van der Waals surface area contributed by atoms with Crippen molar-refractivity contribution in [2.75, 3.05) is 6.54 Å². The van der Waals surface area contributed by atoms with Gasteiger partial charge in [-0.25, -0.2) is 4.98 Å². The van der Waals surface area contributed by atoms with Gasteiger partial charge in [-0.15, -0.1) is 0 Å². The average molecular weight is 439 g/mol. The van der Waals surface area contributed by atoms with Gasteiger partial charge in [0.25, 0.3) is 0 Å². The monoisotopic (exact) mass is 438 g/mol. The van der Waals surface area contributed by atoms with Crippen LogP contribution in [0.25, 0.3) is 16.8 Å². The SMILES string of the molecule is C=CC(=O)N1CCCCC1c1nc(-c2ccc(Oc3cccc(C)c3)cc2)c2cnccn12. The zero-order chi connectivity index (χ0) is 22.8. The Kier molecular flexibility index (Phi) is 5.65. The van der Waals surface area contributed by atoms with Crippen molar-refractivity contribution >= 4 is 11.4 Å². The van der Waals surface area contributed by atoms with Gasteiger partial charge >= 0.3 is 0 Å². The third-order valence-corrected chi connectivity index (χ3v) is 6.09. The predicted molar refractivity (Wildman–Crippen MR) is 128 cm³/mol. The van der Waals surface area contributed by atoms with Crippen LogP contribution < -0.4 is 4.74 Å². The number of benzene rings is 2. The van der Waals surface area contributed by atoms with E-state index in [1.807, 2.05) is 72.7 Å². The molecule has 0 spiro atoms. The number of nitrogens with zero attached hydrogens (tertiary/aromatic N) is 4. The van der Waals surface area contributed by atoms with E-state index >= 15 is 0 Å². The van der Waals surface area contributed by atoms with Crippen molar-refractivity contribution in [3.8, 4) is 22.8 Å². The fourth-order valence-electron chi connectivity index (χ4n) is 4.49. The summed E-state index contributed by atoms with van der Waals surface area (Å²) in [6.45, 7) is 6.44. The lowest BCUT2D eigenvalue weighted by Gasteiger charge is -2.34. The number of rotatable bonds is 5. The Morgan fingerprint density at radius 2 is 2.00 bits per heavy atom. The third-order valence-electron chi connectivity index (χ3n) is 6.09. The van der Waals surface area contributed by atoms with E-state index in [2.05, 4.69) is 16.0 Å². The van der Waals surface area contributed by atoms with E-state index in [9.17, 15) is 4.79 Å². The van der Waals surface area contributed by atoms with Crippen molar-refractivity contribution in [3.05, 3.63) is 91.2 Å². The molecule has 2 aromatic heterocycles. The normalized spacial score (nSPS) is 16.0. The summed E-state index contributed by atoms with van der Waals surface area (Å²) in [5.74, 6) is 2.38. The standard InChI is InChI=1S/C27H26N4O2/c1-3-25(32)30-15-5-4-9-23(30)27-29-26(24-18-28-14-16-31(24)27)20-10-12-21(13-11-20)33-22-8-6-7-19(2)17-22/h3,6-8,10-14,16-18,23H,1,4-5,9,15H2,2H3. The second-order valence-electron chi connectivity index (χ2n) is 8.34. The van der Waals surface area contributed by atoms with Crippen LogP contribution in [0.3, 0.4) is 0 Å². The maximum atomic E-state index is 12.5. The number of carbonyl (C=O) groups excluding carboxylic acids is 1. The number of aryl methyl sites for hydroxylation is 1. The van der Waals surface area contributed by atoms with Crippen LogP contribution in [0.15, 0.2) is 79.8 Å². The molecule has 6 nitrogen and oxygen atoms in total. The van der Waals surface area contributed by atoms with Crippen LogP contribution in [0.2, 0.25) is 0 Å². The number of amides is 1. The Bertz CT molecular complexity index is 1310. The van der Waals surface area contributed by atoms with Gasteiger partial charge in [-0.2, -0.15) is 0 Å². The first-order chi connectivity index (χ1) is 16.1. The first-order valence-electron chi connectivity index (χ1n) is 11.2. The first-order valence-corrected chi connectivity index (χ1v) is 11.2. The number of piperidine rings is 1. The molecule has 6 heteroatoms. The number of hydrogen-bond donors (Lipinski definition) is 0. The Morgan fingerprint density at radius 3 is 2.79 bits per heavy atom. The summed E-state index contributed by atoms with van der Waals surface area (Å²) in [6, 6.07) is 15.8. The minimum absolute atomic E-state index is 0.0512. The summed E-state index contributed by atoms with van der Waals surface area (Å²) in [6.07, 6.45) is 9.83. The Labute approximate surface area is 193 Å². The maximum absolute atomic E-state index is 12.5. The molecule has 2 aromatic carbocycles. The maximum Gasteiger partial charge on any atom is 0.246 e. The fraction of sp³-hybridized carbons (Fsp3) is 0.222. The van der Waals surface area contributed by atoms with Crippen LogP contribution in [-0.2, 0) is 4.79 Å². The van der Waals surface area contributed by atoms with Crippen LogP contribution in [0, 0.1) is 6.92 Å². The minimum atomic E-state index is -0.0863. The number of ether oxygens (including phenoxy) is 1. The van der Waals surface area contributed by atoms with Crippen LogP contribution in [0.4, 0.5) is 0 Å². The molecular formula is C27H26N4O2. The topological polar surface area (TPSA) is 59.7 Å². The summed E-state index contributed by atoms with van der Waals surface area (Å²) < 4.78 is 8.05. The number of likely N-dealkylation sites (tertiary alicyclic amines) is 1. The van der Waals surface area contributed by atoms with E-state index in [0.717, 1.165) is 65.5 Å². The highest BCUT2D eigenvalue weighted by Crippen LogP contribution is 2.35. The molecule has 1 amide bonds. The van der Waals surface area contributed by atoms with Gasteiger partial charge in [0.1, 0.15) is 17.3 Å². The van der Waals surface area contributed by atoms with Crippen molar-refractivity contribution in [3.63, 3.8) is 0 Å². The van der Waals surface area contributed by atoms with Gasteiger partial charge in [-0.1, -0.05) is 18.7 Å². The van der Waals surface area contributed by atoms with Gasteiger partial charge in [0, 0.05) is 24.5 Å². The second-order valence-corrected chi connectivity index (χ2v) is 8.34. The summed E-state index contributed by atoms with van der Waals surface area (Å²) in [5, 5.41) is 0. The molecule has 1 saturated heterocycles. The van der Waals surface area contributed by atoms with Gasteiger partial charge in [0.15, 0.2) is 0 Å². The van der Waals surface area contributed by atoms with Crippen LogP contribution in [0.1, 0.15) is 36.7 Å². The van der Waals surface area contributed by atoms with E-state index < -0.39 is 0 Å². The highest BCUT2D eigenvalue weighted by atomic mass is 16.5. The van der Waals surface area contributed by atoms with Gasteiger partial charge in [0.05, 0.1) is 23.4 Å². The number of aromatic nitrogens is 3. The average Bonchev–Trinajstić information content (AvgIpc) is 3.24. The van der Waals surface area contributed by atoms with E-state index in [4.69, 9.17) is 9.72 Å². The number of imidazole rings is 1. The molecule has 1 unspecified atom stereocenters. The lowest BCUT2D eigenvalue weighted by atomic mass is 10.0. The molecule has 0 N–H and O–H groups in total. The molecule has 1 fully saturated rings. The lowest BCUT2D eigenvalue weighted by molar-refractivity contribution is -0.129. The van der Waals surface area contributed by atoms with E-state index in [1.165, 1.54) is 6.08 Å². The summed E-state index contributed by atoms with van der Waals surface area (Å²) in [4.78, 5) is 23.8.